The van der Waals surface area contributed by atoms with Gasteiger partial charge in [-0.1, -0.05) is 30.3 Å². The average molecular weight is 285 g/mol. The highest BCUT2D eigenvalue weighted by molar-refractivity contribution is 6.00. The number of nitrogens with one attached hydrogen (secondary N) is 1. The van der Waals surface area contributed by atoms with Crippen LogP contribution in [0.25, 0.3) is 22.2 Å². The van der Waals surface area contributed by atoms with Crippen molar-refractivity contribution in [1.29, 1.82) is 0 Å². The fourth-order valence-corrected chi connectivity index (χ4v) is 2.16. The lowest BCUT2D eigenvalue weighted by atomic mass is 10.0. The van der Waals surface area contributed by atoms with Gasteiger partial charge in [0.2, 0.25) is 0 Å². The quantitative estimate of drug-likeness (QED) is 0.581. The molecular formula is C12H7N5O4. The van der Waals surface area contributed by atoms with E-state index in [-0.39, 0.29) is 16.6 Å². The molecule has 0 radical (unpaired) electrons. The predicted octanol–water partition coefficient (Wildman–Crippen LogP) is 2.44. The van der Waals surface area contributed by atoms with Crippen LogP contribution in [0.15, 0.2) is 36.4 Å². The topological polar surface area (TPSA) is 128 Å². The molecule has 0 aliphatic rings. The molecule has 0 spiro atoms. The molecule has 0 saturated carbocycles. The van der Waals surface area contributed by atoms with E-state index in [1.165, 1.54) is 0 Å². The Hall–Kier alpha value is -3.36. The van der Waals surface area contributed by atoms with Crippen LogP contribution in [0.4, 0.5) is 11.4 Å². The molecule has 0 amide bonds. The van der Waals surface area contributed by atoms with E-state index in [0.717, 1.165) is 6.07 Å². The number of rotatable bonds is 3. The summed E-state index contributed by atoms with van der Waals surface area (Å²) >= 11 is 0. The fourth-order valence-electron chi connectivity index (χ4n) is 2.16. The van der Waals surface area contributed by atoms with Crippen LogP contribution in [0.5, 0.6) is 0 Å². The predicted molar refractivity (Wildman–Crippen MR) is 72.6 cm³/mol. The maximum absolute atomic E-state index is 11.3. The first-order chi connectivity index (χ1) is 10.1. The van der Waals surface area contributed by atoms with E-state index < -0.39 is 21.2 Å². The Kier molecular flexibility index (Phi) is 2.79. The van der Waals surface area contributed by atoms with Crippen LogP contribution in [-0.4, -0.2) is 25.3 Å². The molecule has 0 atom stereocenters. The van der Waals surface area contributed by atoms with Crippen molar-refractivity contribution in [2.75, 3.05) is 0 Å². The number of hydrogen-bond acceptors (Lipinski definition) is 6. The third-order valence-electron chi connectivity index (χ3n) is 3.01. The maximum atomic E-state index is 11.3. The maximum Gasteiger partial charge on any atom is 0.356 e. The van der Waals surface area contributed by atoms with Crippen molar-refractivity contribution in [1.82, 2.24) is 15.4 Å². The number of benzene rings is 2. The van der Waals surface area contributed by atoms with Gasteiger partial charge in [0.05, 0.1) is 21.5 Å². The van der Waals surface area contributed by atoms with Gasteiger partial charge in [-0.05, 0) is 5.56 Å². The highest BCUT2D eigenvalue weighted by Crippen LogP contribution is 2.41. The minimum absolute atomic E-state index is 0.0820. The number of nitro groups is 2. The number of aromatic nitrogens is 3. The molecule has 21 heavy (non-hydrogen) atoms. The molecule has 1 heterocycles. The molecule has 9 nitrogen and oxygen atoms in total. The second-order valence-electron chi connectivity index (χ2n) is 4.19. The SMILES string of the molecule is O=[N+]([O-])c1cc2n[nH]nc2c(-c2ccccc2)c1[N+](=O)[O-]. The fraction of sp³-hybridized carbons (Fsp3) is 0. The Morgan fingerprint density at radius 3 is 2.33 bits per heavy atom. The van der Waals surface area contributed by atoms with Crippen molar-refractivity contribution in [3.63, 3.8) is 0 Å². The summed E-state index contributed by atoms with van der Waals surface area (Å²) < 4.78 is 0. The lowest BCUT2D eigenvalue weighted by Gasteiger charge is -2.04. The van der Waals surface area contributed by atoms with Gasteiger partial charge in [-0.2, -0.15) is 15.4 Å². The smallest absolute Gasteiger partial charge is 0.258 e. The molecule has 9 heteroatoms. The van der Waals surface area contributed by atoms with Crippen molar-refractivity contribution < 1.29 is 9.85 Å². The molecule has 1 aromatic heterocycles. The third-order valence-corrected chi connectivity index (χ3v) is 3.01. The van der Waals surface area contributed by atoms with Gasteiger partial charge >= 0.3 is 11.4 Å². The standard InChI is InChI=1S/C12H7N5O4/c18-16(19)9-6-8-11(14-15-13-8)10(12(9)17(20)21)7-4-2-1-3-5-7/h1-6H,(H,13,14,15). The van der Waals surface area contributed by atoms with E-state index in [1.807, 2.05) is 0 Å². The molecule has 0 unspecified atom stereocenters. The summed E-state index contributed by atoms with van der Waals surface area (Å²) in [5.74, 6) is 0. The van der Waals surface area contributed by atoms with Crippen LogP contribution < -0.4 is 0 Å². The molecule has 1 N–H and O–H groups in total. The minimum atomic E-state index is -0.793. The number of aromatic amines is 1. The van der Waals surface area contributed by atoms with Gasteiger partial charge in [0.15, 0.2) is 0 Å². The molecule has 0 aliphatic heterocycles. The van der Waals surface area contributed by atoms with Crippen LogP contribution in [0.1, 0.15) is 0 Å². The lowest BCUT2D eigenvalue weighted by Crippen LogP contribution is -2.00. The monoisotopic (exact) mass is 285 g/mol. The van der Waals surface area contributed by atoms with Gasteiger partial charge in [0.1, 0.15) is 11.0 Å². The molecule has 0 fully saturated rings. The van der Waals surface area contributed by atoms with Gasteiger partial charge < -0.3 is 0 Å². The molecule has 104 valence electrons. The number of fused-ring (bicyclic) bond motifs is 1. The number of hydrogen-bond donors (Lipinski definition) is 1. The van der Waals surface area contributed by atoms with Gasteiger partial charge in [-0.15, -0.1) is 0 Å². The number of nitro benzene ring substituents is 2. The van der Waals surface area contributed by atoms with Crippen LogP contribution in [0.3, 0.4) is 0 Å². The summed E-state index contributed by atoms with van der Waals surface area (Å²) in [7, 11) is 0. The zero-order chi connectivity index (χ0) is 15.0. The summed E-state index contributed by atoms with van der Waals surface area (Å²) in [4.78, 5) is 20.9. The largest absolute Gasteiger partial charge is 0.356 e. The van der Waals surface area contributed by atoms with E-state index in [1.54, 1.807) is 30.3 Å². The van der Waals surface area contributed by atoms with E-state index in [0.29, 0.717) is 5.56 Å². The first-order valence-electron chi connectivity index (χ1n) is 5.81. The van der Waals surface area contributed by atoms with Crippen molar-refractivity contribution in [2.45, 2.75) is 0 Å². The van der Waals surface area contributed by atoms with Gasteiger partial charge in [0.25, 0.3) is 0 Å². The van der Waals surface area contributed by atoms with Crippen molar-refractivity contribution in [3.8, 4) is 11.1 Å². The summed E-state index contributed by atoms with van der Waals surface area (Å²) in [6, 6.07) is 9.41. The van der Waals surface area contributed by atoms with Crippen LogP contribution in [-0.2, 0) is 0 Å². The van der Waals surface area contributed by atoms with E-state index >= 15 is 0 Å². The van der Waals surface area contributed by atoms with Gasteiger partial charge in [-0.3, -0.25) is 20.2 Å². The molecular weight excluding hydrogens is 278 g/mol. The molecule has 0 aliphatic carbocycles. The molecule has 2 aromatic carbocycles. The Balaban J connectivity index is 2.50. The van der Waals surface area contributed by atoms with E-state index in [4.69, 9.17) is 0 Å². The Bertz CT molecular complexity index is 859. The zero-order valence-corrected chi connectivity index (χ0v) is 10.4. The van der Waals surface area contributed by atoms with Crippen molar-refractivity contribution in [2.24, 2.45) is 0 Å². The average Bonchev–Trinajstić information content (AvgIpc) is 2.93. The van der Waals surface area contributed by atoms with E-state index in [2.05, 4.69) is 15.4 Å². The number of H-pyrrole nitrogens is 1. The Morgan fingerprint density at radius 2 is 1.71 bits per heavy atom. The van der Waals surface area contributed by atoms with Gasteiger partial charge in [-0.25, -0.2) is 0 Å². The molecule has 0 saturated heterocycles. The number of nitrogens with zero attached hydrogens (tertiary/aromatic N) is 4. The Labute approximate surface area is 116 Å². The highest BCUT2D eigenvalue weighted by Gasteiger charge is 2.33. The summed E-state index contributed by atoms with van der Waals surface area (Å²) in [5.41, 5.74) is -0.233. The molecule has 3 rings (SSSR count). The summed E-state index contributed by atoms with van der Waals surface area (Å²) in [6.45, 7) is 0. The summed E-state index contributed by atoms with van der Waals surface area (Å²) in [6.07, 6.45) is 0. The van der Waals surface area contributed by atoms with Crippen molar-refractivity contribution in [3.05, 3.63) is 56.6 Å². The zero-order valence-electron chi connectivity index (χ0n) is 10.4. The minimum Gasteiger partial charge on any atom is -0.258 e. The first kappa shape index (κ1) is 12.7. The second-order valence-corrected chi connectivity index (χ2v) is 4.19. The van der Waals surface area contributed by atoms with Crippen molar-refractivity contribution >= 4 is 22.4 Å². The lowest BCUT2D eigenvalue weighted by molar-refractivity contribution is -0.421. The van der Waals surface area contributed by atoms with Crippen LogP contribution in [0, 0.1) is 20.2 Å². The molecule has 0 bridgehead atoms. The van der Waals surface area contributed by atoms with Gasteiger partial charge in [0, 0.05) is 0 Å². The molecule has 3 aromatic rings. The normalized spacial score (nSPS) is 10.7. The third kappa shape index (κ3) is 1.96. The van der Waals surface area contributed by atoms with E-state index in [9.17, 15) is 20.2 Å². The highest BCUT2D eigenvalue weighted by atomic mass is 16.6. The van der Waals surface area contributed by atoms with Crippen LogP contribution in [0.2, 0.25) is 0 Å². The second kappa shape index (κ2) is 4.63. The Morgan fingerprint density at radius 1 is 1.00 bits per heavy atom. The first-order valence-corrected chi connectivity index (χ1v) is 5.81. The summed E-state index contributed by atoms with van der Waals surface area (Å²) in [5, 5.41) is 32.4. The van der Waals surface area contributed by atoms with Crippen LogP contribution >= 0.6 is 0 Å².